The predicted octanol–water partition coefficient (Wildman–Crippen LogP) is 1.39. The van der Waals surface area contributed by atoms with Crippen LogP contribution in [0.15, 0.2) is 29.6 Å². The minimum absolute atomic E-state index is 0.0534. The van der Waals surface area contributed by atoms with Gasteiger partial charge in [0.1, 0.15) is 0 Å². The molecule has 2 aromatic rings. The molecule has 0 saturated carbocycles. The largest absolute Gasteiger partial charge is 0.336 e. The zero-order chi connectivity index (χ0) is 16.4. The van der Waals surface area contributed by atoms with Crippen molar-refractivity contribution in [2.75, 3.05) is 18.8 Å². The van der Waals surface area contributed by atoms with Crippen LogP contribution in [0.3, 0.4) is 0 Å². The monoisotopic (exact) mass is 345 g/mol. The van der Waals surface area contributed by atoms with Gasteiger partial charge >= 0.3 is 0 Å². The lowest BCUT2D eigenvalue weighted by atomic mass is 10.2. The average Bonchev–Trinajstić information content (AvgIpc) is 3.25. The van der Waals surface area contributed by atoms with Crippen molar-refractivity contribution in [2.45, 2.75) is 44.1 Å². The minimum Gasteiger partial charge on any atom is -0.336 e. The van der Waals surface area contributed by atoms with Gasteiger partial charge in [-0.15, -0.1) is 0 Å². The molecular weight excluding hydrogens is 322 g/mol. The van der Waals surface area contributed by atoms with Gasteiger partial charge in [0.05, 0.1) is 18.6 Å². The second-order valence-electron chi connectivity index (χ2n) is 6.57. The quantitative estimate of drug-likeness (QED) is 0.820. The second-order valence-corrected chi connectivity index (χ2v) is 7.68. The minimum atomic E-state index is 0.0534. The van der Waals surface area contributed by atoms with Crippen molar-refractivity contribution in [3.05, 3.63) is 46.4 Å². The Morgan fingerprint density at radius 2 is 2.29 bits per heavy atom. The van der Waals surface area contributed by atoms with Gasteiger partial charge in [0.2, 0.25) is 0 Å². The first-order chi connectivity index (χ1) is 11.8. The first-order valence-corrected chi connectivity index (χ1v) is 9.82. The maximum absolute atomic E-state index is 12.4. The number of nitrogens with zero attached hydrogens (tertiary/aromatic N) is 5. The van der Waals surface area contributed by atoms with Gasteiger partial charge in [-0.2, -0.15) is 16.9 Å². The fourth-order valence-electron chi connectivity index (χ4n) is 3.64. The molecule has 2 aromatic heterocycles. The number of thioether (sulfide) groups is 1. The maximum Gasteiger partial charge on any atom is 0.267 e. The first kappa shape index (κ1) is 15.9. The molecule has 0 amide bonds. The van der Waals surface area contributed by atoms with Crippen LogP contribution in [0.5, 0.6) is 0 Å². The summed E-state index contributed by atoms with van der Waals surface area (Å²) in [6.07, 6.45) is 9.00. The lowest BCUT2D eigenvalue weighted by Gasteiger charge is -2.25. The Morgan fingerprint density at radius 3 is 3.17 bits per heavy atom. The molecule has 4 heterocycles. The Balaban J connectivity index is 1.44. The smallest absolute Gasteiger partial charge is 0.267 e. The van der Waals surface area contributed by atoms with Gasteiger partial charge in [-0.3, -0.25) is 9.69 Å². The van der Waals surface area contributed by atoms with E-state index < -0.39 is 0 Å². The SMILES string of the molecule is O=c1cc2c(nn1CC1CCCN1CCn1ccnc1)CCSC2. The van der Waals surface area contributed by atoms with Gasteiger partial charge in [0.15, 0.2) is 0 Å². The van der Waals surface area contributed by atoms with Crippen molar-refractivity contribution in [3.63, 3.8) is 0 Å². The van der Waals surface area contributed by atoms with Crippen LogP contribution in [0.25, 0.3) is 0 Å². The number of likely N-dealkylation sites (tertiary alicyclic amines) is 1. The highest BCUT2D eigenvalue weighted by molar-refractivity contribution is 7.98. The molecule has 1 fully saturated rings. The van der Waals surface area contributed by atoms with Crippen molar-refractivity contribution in [1.82, 2.24) is 24.2 Å². The van der Waals surface area contributed by atoms with E-state index in [4.69, 9.17) is 0 Å². The third-order valence-corrected chi connectivity index (χ3v) is 6.00. The third-order valence-electron chi connectivity index (χ3n) is 4.99. The molecule has 0 aromatic carbocycles. The summed E-state index contributed by atoms with van der Waals surface area (Å²) in [7, 11) is 0. The number of aromatic nitrogens is 4. The molecule has 4 rings (SSSR count). The number of hydrogen-bond donors (Lipinski definition) is 0. The molecule has 24 heavy (non-hydrogen) atoms. The van der Waals surface area contributed by atoms with Crippen LogP contribution in [0.1, 0.15) is 24.1 Å². The lowest BCUT2D eigenvalue weighted by molar-refractivity contribution is 0.216. The molecule has 2 aliphatic rings. The molecule has 0 radical (unpaired) electrons. The number of hydrogen-bond acceptors (Lipinski definition) is 5. The Morgan fingerprint density at radius 1 is 1.33 bits per heavy atom. The molecule has 1 unspecified atom stereocenters. The molecule has 1 atom stereocenters. The van der Waals surface area contributed by atoms with Crippen molar-refractivity contribution in [3.8, 4) is 0 Å². The van der Waals surface area contributed by atoms with Crippen molar-refractivity contribution in [2.24, 2.45) is 0 Å². The molecule has 0 spiro atoms. The summed E-state index contributed by atoms with van der Waals surface area (Å²) < 4.78 is 3.81. The molecule has 7 heteroatoms. The highest BCUT2D eigenvalue weighted by Gasteiger charge is 2.25. The number of fused-ring (bicyclic) bond motifs is 1. The van der Waals surface area contributed by atoms with E-state index in [2.05, 4.69) is 19.5 Å². The summed E-state index contributed by atoms with van der Waals surface area (Å²) in [5, 5.41) is 4.67. The van der Waals surface area contributed by atoms with Crippen molar-refractivity contribution < 1.29 is 0 Å². The van der Waals surface area contributed by atoms with Crippen LogP contribution in [0.2, 0.25) is 0 Å². The second kappa shape index (κ2) is 7.11. The molecule has 6 nitrogen and oxygen atoms in total. The Bertz CT molecular complexity index is 742. The molecule has 0 bridgehead atoms. The number of rotatable bonds is 5. The number of imidazole rings is 1. The van der Waals surface area contributed by atoms with E-state index in [-0.39, 0.29) is 5.56 Å². The average molecular weight is 345 g/mol. The van der Waals surface area contributed by atoms with Crippen LogP contribution >= 0.6 is 11.8 Å². The Hall–Kier alpha value is -1.60. The van der Waals surface area contributed by atoms with Crippen LogP contribution in [-0.4, -0.2) is 49.1 Å². The van der Waals surface area contributed by atoms with Crippen LogP contribution in [-0.2, 0) is 25.3 Å². The molecule has 1 saturated heterocycles. The highest BCUT2D eigenvalue weighted by Crippen LogP contribution is 2.22. The van der Waals surface area contributed by atoms with Crippen molar-refractivity contribution in [1.29, 1.82) is 0 Å². The normalized spacial score (nSPS) is 21.1. The number of aryl methyl sites for hydroxylation is 1. The van der Waals surface area contributed by atoms with E-state index >= 15 is 0 Å². The third kappa shape index (κ3) is 3.42. The highest BCUT2D eigenvalue weighted by atomic mass is 32.2. The van der Waals surface area contributed by atoms with Gasteiger partial charge in [-0.25, -0.2) is 9.67 Å². The van der Waals surface area contributed by atoms with E-state index in [1.165, 1.54) is 6.42 Å². The molecule has 2 aliphatic heterocycles. The fraction of sp³-hybridized carbons (Fsp3) is 0.588. The summed E-state index contributed by atoms with van der Waals surface area (Å²) in [6.45, 7) is 3.76. The van der Waals surface area contributed by atoms with Crippen molar-refractivity contribution >= 4 is 11.8 Å². The lowest BCUT2D eigenvalue weighted by Crippen LogP contribution is -2.39. The molecule has 128 valence electrons. The summed E-state index contributed by atoms with van der Waals surface area (Å²) in [4.78, 5) is 19.0. The van der Waals surface area contributed by atoms with E-state index in [0.29, 0.717) is 12.6 Å². The zero-order valence-electron chi connectivity index (χ0n) is 13.8. The summed E-state index contributed by atoms with van der Waals surface area (Å²) in [6, 6.07) is 2.22. The van der Waals surface area contributed by atoms with Gasteiger partial charge in [0, 0.05) is 49.8 Å². The van der Waals surface area contributed by atoms with E-state index in [0.717, 1.165) is 55.2 Å². The summed E-state index contributed by atoms with van der Waals surface area (Å²) in [5.41, 5.74) is 2.31. The van der Waals surface area contributed by atoms with Gasteiger partial charge in [-0.05, 0) is 30.7 Å². The summed E-state index contributed by atoms with van der Waals surface area (Å²) in [5.74, 6) is 2.04. The van der Waals surface area contributed by atoms with E-state index in [1.807, 2.05) is 30.5 Å². The van der Waals surface area contributed by atoms with Gasteiger partial charge in [0.25, 0.3) is 5.56 Å². The van der Waals surface area contributed by atoms with Gasteiger partial charge < -0.3 is 4.57 Å². The Kier molecular flexibility index (Phi) is 4.71. The molecular formula is C17H23N5OS. The zero-order valence-corrected chi connectivity index (χ0v) is 14.6. The van der Waals surface area contributed by atoms with Crippen LogP contribution < -0.4 is 5.56 Å². The topological polar surface area (TPSA) is 56.0 Å². The van der Waals surface area contributed by atoms with Gasteiger partial charge in [-0.1, -0.05) is 0 Å². The summed E-state index contributed by atoms with van der Waals surface area (Å²) >= 11 is 1.89. The van der Waals surface area contributed by atoms with Crippen LogP contribution in [0, 0.1) is 0 Å². The van der Waals surface area contributed by atoms with Crippen LogP contribution in [0.4, 0.5) is 0 Å². The van der Waals surface area contributed by atoms with E-state index in [9.17, 15) is 4.79 Å². The predicted molar refractivity (Wildman–Crippen MR) is 95.2 cm³/mol. The molecule has 0 aliphatic carbocycles. The Labute approximate surface area is 145 Å². The van der Waals surface area contributed by atoms with E-state index in [1.54, 1.807) is 10.7 Å². The standard InChI is InChI=1S/C17H23N5OS/c23-17-10-14-12-24-9-3-16(14)19-22(17)11-15-2-1-5-21(15)8-7-20-6-4-18-13-20/h4,6,10,13,15H,1-3,5,7-9,11-12H2. The maximum atomic E-state index is 12.4. The fourth-order valence-corrected chi connectivity index (χ4v) is 4.59. The molecule has 0 N–H and O–H groups in total. The first-order valence-electron chi connectivity index (χ1n) is 8.67.